The normalized spacial score (nSPS) is 12.6. The van der Waals surface area contributed by atoms with E-state index in [1.54, 1.807) is 0 Å². The van der Waals surface area contributed by atoms with Crippen LogP contribution in [0.5, 0.6) is 0 Å². The summed E-state index contributed by atoms with van der Waals surface area (Å²) in [5, 5.41) is 5.24. The number of rotatable bonds is 2. The van der Waals surface area contributed by atoms with Gasteiger partial charge in [0.15, 0.2) is 0 Å². The largest absolute Gasteiger partial charge is 0.341 e. The van der Waals surface area contributed by atoms with E-state index in [0.717, 1.165) is 23.2 Å². The van der Waals surface area contributed by atoms with E-state index < -0.39 is 0 Å². The van der Waals surface area contributed by atoms with Crippen molar-refractivity contribution in [2.75, 3.05) is 0 Å². The molecular weight excluding hydrogens is 462 g/mol. The molecule has 188 valence electrons. The molecule has 0 radical (unpaired) electrons. The van der Waals surface area contributed by atoms with E-state index in [4.69, 9.17) is 4.98 Å². The maximum absolute atomic E-state index is 5.26. The van der Waals surface area contributed by atoms with Crippen LogP contribution < -0.4 is 0 Å². The van der Waals surface area contributed by atoms with Gasteiger partial charge in [0.05, 0.1) is 22.2 Å². The van der Waals surface area contributed by atoms with Crippen LogP contribution in [0.15, 0.2) is 78.9 Å². The van der Waals surface area contributed by atoms with Gasteiger partial charge in [-0.05, 0) is 84.2 Å². The van der Waals surface area contributed by atoms with Gasteiger partial charge in [0.25, 0.3) is 0 Å². The van der Waals surface area contributed by atoms with Crippen LogP contribution in [0.1, 0.15) is 44.4 Å². The zero-order valence-corrected chi connectivity index (χ0v) is 23.1. The second-order valence-electron chi connectivity index (χ2n) is 11.6. The molecule has 0 bridgehead atoms. The second-order valence-corrected chi connectivity index (χ2v) is 11.6. The maximum atomic E-state index is 5.26. The molecular formula is C35H33N3. The number of para-hydroxylation sites is 2. The van der Waals surface area contributed by atoms with E-state index in [1.807, 2.05) is 0 Å². The Labute approximate surface area is 223 Å². The Kier molecular flexibility index (Phi) is 4.82. The molecule has 38 heavy (non-hydrogen) atoms. The lowest BCUT2D eigenvalue weighted by Crippen LogP contribution is -2.10. The molecule has 0 fully saturated rings. The van der Waals surface area contributed by atoms with Gasteiger partial charge in [-0.2, -0.15) is 0 Å². The Bertz CT molecular complexity index is 2050. The molecule has 0 aliphatic rings. The fraction of sp³-hybridized carbons (Fsp3) is 0.229. The van der Waals surface area contributed by atoms with Gasteiger partial charge >= 0.3 is 0 Å². The zero-order chi connectivity index (χ0) is 26.3. The van der Waals surface area contributed by atoms with Crippen LogP contribution in [0.2, 0.25) is 0 Å². The molecule has 4 aromatic carbocycles. The van der Waals surface area contributed by atoms with Crippen molar-refractivity contribution in [1.82, 2.24) is 14.0 Å². The van der Waals surface area contributed by atoms with Gasteiger partial charge < -0.3 is 4.57 Å². The topological polar surface area (TPSA) is 22.2 Å². The number of nitrogens with zero attached hydrogens (tertiary/aromatic N) is 3. The van der Waals surface area contributed by atoms with Gasteiger partial charge in [0.1, 0.15) is 5.65 Å². The number of hydrogen-bond donors (Lipinski definition) is 0. The van der Waals surface area contributed by atoms with Gasteiger partial charge in [-0.3, -0.25) is 4.40 Å². The summed E-state index contributed by atoms with van der Waals surface area (Å²) in [6.07, 6.45) is 0. The van der Waals surface area contributed by atoms with Crippen LogP contribution in [0, 0.1) is 13.8 Å². The van der Waals surface area contributed by atoms with Crippen LogP contribution >= 0.6 is 0 Å². The lowest BCUT2D eigenvalue weighted by Gasteiger charge is -2.19. The molecule has 3 aromatic heterocycles. The second kappa shape index (κ2) is 7.94. The van der Waals surface area contributed by atoms with Crippen LogP contribution in [0.3, 0.4) is 0 Å². The van der Waals surface area contributed by atoms with E-state index in [0.29, 0.717) is 0 Å². The highest BCUT2D eigenvalue weighted by Crippen LogP contribution is 2.43. The van der Waals surface area contributed by atoms with E-state index in [9.17, 15) is 0 Å². The van der Waals surface area contributed by atoms with Crippen LogP contribution in [0.4, 0.5) is 0 Å². The van der Waals surface area contributed by atoms with Crippen molar-refractivity contribution in [2.24, 2.45) is 0 Å². The third-order valence-corrected chi connectivity index (χ3v) is 8.40. The average molecular weight is 496 g/mol. The number of imidazole rings is 1. The Hall–Kier alpha value is -4.11. The summed E-state index contributed by atoms with van der Waals surface area (Å²) in [5.74, 6) is 0. The Balaban J connectivity index is 1.75. The van der Waals surface area contributed by atoms with Crippen molar-refractivity contribution in [3.8, 4) is 11.3 Å². The molecule has 0 saturated carbocycles. The van der Waals surface area contributed by atoms with Crippen LogP contribution in [-0.4, -0.2) is 14.0 Å². The predicted molar refractivity (Wildman–Crippen MR) is 162 cm³/mol. The molecule has 7 aromatic rings. The van der Waals surface area contributed by atoms with Gasteiger partial charge in [0, 0.05) is 28.2 Å². The number of aromatic nitrogens is 3. The van der Waals surface area contributed by atoms with Gasteiger partial charge in [-0.1, -0.05) is 69.3 Å². The molecule has 3 nitrogen and oxygen atoms in total. The molecule has 0 saturated heterocycles. The molecule has 3 heteroatoms. The molecule has 3 heterocycles. The summed E-state index contributed by atoms with van der Waals surface area (Å²) in [5.41, 5.74) is 12.3. The van der Waals surface area contributed by atoms with Crippen LogP contribution in [-0.2, 0) is 12.0 Å². The van der Waals surface area contributed by atoms with Crippen LogP contribution in [0.25, 0.3) is 60.5 Å². The first-order chi connectivity index (χ1) is 18.3. The summed E-state index contributed by atoms with van der Waals surface area (Å²) >= 11 is 0. The summed E-state index contributed by atoms with van der Waals surface area (Å²) in [4.78, 5) is 5.26. The molecule has 0 aliphatic carbocycles. The number of pyridine rings is 1. The highest BCUT2D eigenvalue weighted by Gasteiger charge is 2.23. The number of benzene rings is 4. The van der Waals surface area contributed by atoms with Crippen molar-refractivity contribution in [1.29, 1.82) is 0 Å². The third-order valence-electron chi connectivity index (χ3n) is 8.40. The van der Waals surface area contributed by atoms with Crippen molar-refractivity contribution in [3.63, 3.8) is 0 Å². The first-order valence-corrected chi connectivity index (χ1v) is 13.6. The van der Waals surface area contributed by atoms with Gasteiger partial charge in [-0.15, -0.1) is 0 Å². The van der Waals surface area contributed by atoms with Crippen molar-refractivity contribution in [3.05, 3.63) is 95.6 Å². The number of aryl methyl sites for hydroxylation is 3. The minimum Gasteiger partial charge on any atom is -0.341 e. The number of fused-ring (bicyclic) bond motifs is 8. The lowest BCUT2D eigenvalue weighted by molar-refractivity contribution is 0.591. The zero-order valence-electron chi connectivity index (χ0n) is 23.1. The Morgan fingerprint density at radius 2 is 1.47 bits per heavy atom. The summed E-state index contributed by atoms with van der Waals surface area (Å²) in [6, 6.07) is 28.7. The Morgan fingerprint density at radius 3 is 2.21 bits per heavy atom. The smallest absolute Gasteiger partial charge is 0.146 e. The fourth-order valence-corrected chi connectivity index (χ4v) is 6.49. The quantitative estimate of drug-likeness (QED) is 0.234. The first kappa shape index (κ1) is 23.0. The minimum atomic E-state index is 0.0906. The standard InChI is InChI=1S/C35H33N3/c1-7-37-28-18-17-24(35(4,5)6)19-26(28)31-22(3)32-25(21(2)33(31)37)20-30(23-13-9-8-10-14-23)38-29-16-12-11-15-27(29)36-34(32)38/h8-20H,7H2,1-6H3. The fourth-order valence-electron chi connectivity index (χ4n) is 6.49. The van der Waals surface area contributed by atoms with E-state index in [1.165, 1.54) is 60.5 Å². The van der Waals surface area contributed by atoms with Gasteiger partial charge in [0.2, 0.25) is 0 Å². The minimum absolute atomic E-state index is 0.0906. The molecule has 0 atom stereocenters. The molecule has 0 N–H and O–H groups in total. The van der Waals surface area contributed by atoms with Crippen molar-refractivity contribution >= 4 is 49.3 Å². The lowest BCUT2D eigenvalue weighted by atomic mass is 9.86. The number of hydrogen-bond acceptors (Lipinski definition) is 1. The molecule has 0 amide bonds. The van der Waals surface area contributed by atoms with Crippen molar-refractivity contribution in [2.45, 2.75) is 53.5 Å². The highest BCUT2D eigenvalue weighted by molar-refractivity contribution is 6.20. The summed E-state index contributed by atoms with van der Waals surface area (Å²) in [7, 11) is 0. The molecule has 0 unspecified atom stereocenters. The molecule has 0 spiro atoms. The highest BCUT2D eigenvalue weighted by atomic mass is 15.0. The molecule has 0 aliphatic heterocycles. The van der Waals surface area contributed by atoms with E-state index in [2.05, 4.69) is 129 Å². The summed E-state index contributed by atoms with van der Waals surface area (Å²) in [6.45, 7) is 14.7. The van der Waals surface area contributed by atoms with E-state index >= 15 is 0 Å². The average Bonchev–Trinajstić information content (AvgIpc) is 3.47. The first-order valence-electron chi connectivity index (χ1n) is 13.6. The third kappa shape index (κ3) is 3.05. The molecule has 7 rings (SSSR count). The monoisotopic (exact) mass is 495 g/mol. The maximum Gasteiger partial charge on any atom is 0.146 e. The summed E-state index contributed by atoms with van der Waals surface area (Å²) < 4.78 is 4.87. The Morgan fingerprint density at radius 1 is 0.737 bits per heavy atom. The van der Waals surface area contributed by atoms with Crippen molar-refractivity contribution < 1.29 is 0 Å². The predicted octanol–water partition coefficient (Wildman–Crippen LogP) is 9.35. The van der Waals surface area contributed by atoms with E-state index in [-0.39, 0.29) is 5.41 Å². The SMILES string of the molecule is CCn1c2ccc(C(C)(C)C)cc2c2c(C)c3c(cc(-c4ccccc4)n4c5ccccc5nc34)c(C)c21. The van der Waals surface area contributed by atoms with Gasteiger partial charge in [-0.25, -0.2) is 4.98 Å².